The number of aromatic nitrogens is 1. The monoisotopic (exact) mass is 291 g/mol. The molecule has 0 spiro atoms. The molecular weight excluding hydrogens is 270 g/mol. The van der Waals surface area contributed by atoms with Crippen LogP contribution in [0.4, 0.5) is 0 Å². The molecule has 0 bridgehead atoms. The fourth-order valence-corrected chi connectivity index (χ4v) is 2.55. The van der Waals surface area contributed by atoms with Crippen molar-refractivity contribution < 1.29 is 14.7 Å². The molecule has 2 rings (SSSR count). The summed E-state index contributed by atoms with van der Waals surface area (Å²) in [6.45, 7) is 4.91. The van der Waals surface area contributed by atoms with Crippen LogP contribution in [0.5, 0.6) is 0 Å². The standard InChI is InChI=1S/C15H21N3O3/c1-11(10-18-8-3-2-4-9-18)16-14(19)12-6-5-7-13(17-12)15(20)21/h5-7,11H,2-4,8-10H2,1H3,(H,16,19)(H,20,21). The zero-order valence-electron chi connectivity index (χ0n) is 12.2. The molecule has 6 heteroatoms. The van der Waals surface area contributed by atoms with E-state index in [4.69, 9.17) is 5.11 Å². The van der Waals surface area contributed by atoms with Gasteiger partial charge in [0.25, 0.3) is 5.91 Å². The molecule has 1 aliphatic heterocycles. The molecule has 1 amide bonds. The van der Waals surface area contributed by atoms with Gasteiger partial charge in [-0.05, 0) is 45.0 Å². The van der Waals surface area contributed by atoms with Crippen molar-refractivity contribution in [2.45, 2.75) is 32.2 Å². The molecule has 21 heavy (non-hydrogen) atoms. The Kier molecular flexibility index (Phi) is 5.27. The maximum absolute atomic E-state index is 12.1. The first-order valence-corrected chi connectivity index (χ1v) is 7.30. The molecule has 2 heterocycles. The van der Waals surface area contributed by atoms with Crippen molar-refractivity contribution in [1.29, 1.82) is 0 Å². The van der Waals surface area contributed by atoms with E-state index in [-0.39, 0.29) is 23.3 Å². The number of carbonyl (C=O) groups is 2. The number of hydrogen-bond donors (Lipinski definition) is 2. The Morgan fingerprint density at radius 3 is 2.62 bits per heavy atom. The molecule has 2 N–H and O–H groups in total. The highest BCUT2D eigenvalue weighted by molar-refractivity contribution is 5.94. The summed E-state index contributed by atoms with van der Waals surface area (Å²) in [6.07, 6.45) is 3.70. The summed E-state index contributed by atoms with van der Waals surface area (Å²) < 4.78 is 0. The third-order valence-electron chi connectivity index (χ3n) is 3.56. The highest BCUT2D eigenvalue weighted by Crippen LogP contribution is 2.09. The second-order valence-corrected chi connectivity index (χ2v) is 5.45. The van der Waals surface area contributed by atoms with Gasteiger partial charge in [0.15, 0.2) is 0 Å². The number of nitrogens with zero attached hydrogens (tertiary/aromatic N) is 2. The first kappa shape index (κ1) is 15.4. The summed E-state index contributed by atoms with van der Waals surface area (Å²) in [5.41, 5.74) is 0.0201. The quantitative estimate of drug-likeness (QED) is 0.856. The molecule has 1 aliphatic rings. The van der Waals surface area contributed by atoms with E-state index in [1.54, 1.807) is 0 Å². The smallest absolute Gasteiger partial charge is 0.354 e. The van der Waals surface area contributed by atoms with Gasteiger partial charge < -0.3 is 15.3 Å². The van der Waals surface area contributed by atoms with Crippen molar-refractivity contribution in [1.82, 2.24) is 15.2 Å². The summed E-state index contributed by atoms with van der Waals surface area (Å²) in [5, 5.41) is 11.8. The molecule has 114 valence electrons. The Morgan fingerprint density at radius 1 is 1.29 bits per heavy atom. The first-order chi connectivity index (χ1) is 10.1. The molecule has 1 aromatic rings. The average Bonchev–Trinajstić information content (AvgIpc) is 2.48. The van der Waals surface area contributed by atoms with Crippen molar-refractivity contribution in [3.8, 4) is 0 Å². The predicted molar refractivity (Wildman–Crippen MR) is 78.4 cm³/mol. The molecule has 1 atom stereocenters. The Labute approximate surface area is 124 Å². The molecule has 0 aliphatic carbocycles. The highest BCUT2D eigenvalue weighted by atomic mass is 16.4. The number of amides is 1. The van der Waals surface area contributed by atoms with Crippen LogP contribution in [0.1, 0.15) is 47.2 Å². The SMILES string of the molecule is CC(CN1CCCCC1)NC(=O)c1cccc(C(=O)O)n1. The number of carboxylic acid groups (broad SMARTS) is 1. The number of carboxylic acids is 1. The van der Waals surface area contributed by atoms with Gasteiger partial charge in [-0.15, -0.1) is 0 Å². The van der Waals surface area contributed by atoms with E-state index in [0.29, 0.717) is 0 Å². The van der Waals surface area contributed by atoms with Gasteiger partial charge in [0, 0.05) is 12.6 Å². The van der Waals surface area contributed by atoms with Gasteiger partial charge in [-0.2, -0.15) is 0 Å². The van der Waals surface area contributed by atoms with Gasteiger partial charge >= 0.3 is 5.97 Å². The second kappa shape index (κ2) is 7.17. The Balaban J connectivity index is 1.90. The summed E-state index contributed by atoms with van der Waals surface area (Å²) in [5.74, 6) is -1.46. The lowest BCUT2D eigenvalue weighted by atomic mass is 10.1. The molecule has 0 saturated carbocycles. The average molecular weight is 291 g/mol. The van der Waals surface area contributed by atoms with Crippen molar-refractivity contribution >= 4 is 11.9 Å². The number of pyridine rings is 1. The minimum absolute atomic E-state index is 0.00545. The lowest BCUT2D eigenvalue weighted by molar-refractivity contribution is 0.0690. The number of rotatable bonds is 5. The van der Waals surface area contributed by atoms with Crippen LogP contribution in [0.3, 0.4) is 0 Å². The Bertz CT molecular complexity index is 513. The van der Waals surface area contributed by atoms with E-state index in [2.05, 4.69) is 15.2 Å². The normalized spacial score (nSPS) is 17.2. The van der Waals surface area contributed by atoms with Crippen LogP contribution in [-0.4, -0.2) is 52.5 Å². The molecule has 1 fully saturated rings. The number of hydrogen-bond acceptors (Lipinski definition) is 4. The molecular formula is C15H21N3O3. The number of carbonyl (C=O) groups excluding carboxylic acids is 1. The zero-order valence-corrected chi connectivity index (χ0v) is 12.2. The maximum Gasteiger partial charge on any atom is 0.354 e. The maximum atomic E-state index is 12.1. The van der Waals surface area contributed by atoms with E-state index < -0.39 is 5.97 Å². The van der Waals surface area contributed by atoms with Crippen molar-refractivity contribution in [2.75, 3.05) is 19.6 Å². The lowest BCUT2D eigenvalue weighted by Crippen LogP contribution is -2.43. The van der Waals surface area contributed by atoms with Crippen LogP contribution in [-0.2, 0) is 0 Å². The Hall–Kier alpha value is -1.95. The summed E-state index contributed by atoms with van der Waals surface area (Å²) >= 11 is 0. The lowest BCUT2D eigenvalue weighted by Gasteiger charge is -2.29. The van der Waals surface area contributed by atoms with Crippen LogP contribution < -0.4 is 5.32 Å². The van der Waals surface area contributed by atoms with Gasteiger partial charge in [-0.3, -0.25) is 4.79 Å². The van der Waals surface area contributed by atoms with Crippen molar-refractivity contribution in [3.05, 3.63) is 29.6 Å². The van der Waals surface area contributed by atoms with E-state index >= 15 is 0 Å². The van der Waals surface area contributed by atoms with Gasteiger partial charge in [-0.25, -0.2) is 9.78 Å². The van der Waals surface area contributed by atoms with Crippen LogP contribution in [0.2, 0.25) is 0 Å². The third kappa shape index (κ3) is 4.53. The summed E-state index contributed by atoms with van der Waals surface area (Å²) in [6, 6.07) is 4.43. The van der Waals surface area contributed by atoms with Crippen LogP contribution in [0, 0.1) is 0 Å². The number of nitrogens with one attached hydrogen (secondary N) is 1. The number of piperidine rings is 1. The van der Waals surface area contributed by atoms with E-state index in [9.17, 15) is 9.59 Å². The van der Waals surface area contributed by atoms with Gasteiger partial charge in [0.05, 0.1) is 0 Å². The van der Waals surface area contributed by atoms with Crippen molar-refractivity contribution in [2.24, 2.45) is 0 Å². The fraction of sp³-hybridized carbons (Fsp3) is 0.533. The number of likely N-dealkylation sites (tertiary alicyclic amines) is 1. The van der Waals surface area contributed by atoms with Crippen molar-refractivity contribution in [3.63, 3.8) is 0 Å². The molecule has 1 saturated heterocycles. The van der Waals surface area contributed by atoms with E-state index in [0.717, 1.165) is 19.6 Å². The van der Waals surface area contributed by atoms with Gasteiger partial charge in [-0.1, -0.05) is 12.5 Å². The predicted octanol–water partition coefficient (Wildman–Crippen LogP) is 1.38. The second-order valence-electron chi connectivity index (χ2n) is 5.45. The van der Waals surface area contributed by atoms with Crippen LogP contribution in [0.25, 0.3) is 0 Å². The van der Waals surface area contributed by atoms with Gasteiger partial charge in [0.2, 0.25) is 0 Å². The Morgan fingerprint density at radius 2 is 1.95 bits per heavy atom. The van der Waals surface area contributed by atoms with E-state index in [1.165, 1.54) is 37.5 Å². The molecule has 0 radical (unpaired) electrons. The molecule has 6 nitrogen and oxygen atoms in total. The zero-order chi connectivity index (χ0) is 15.2. The largest absolute Gasteiger partial charge is 0.477 e. The van der Waals surface area contributed by atoms with Crippen LogP contribution in [0.15, 0.2) is 18.2 Å². The summed E-state index contributed by atoms with van der Waals surface area (Å²) in [7, 11) is 0. The summed E-state index contributed by atoms with van der Waals surface area (Å²) in [4.78, 5) is 29.1. The molecule has 1 unspecified atom stereocenters. The fourth-order valence-electron chi connectivity index (χ4n) is 2.55. The molecule has 1 aromatic heterocycles. The topological polar surface area (TPSA) is 82.5 Å². The number of aromatic carboxylic acids is 1. The molecule has 0 aromatic carbocycles. The minimum atomic E-state index is -1.13. The first-order valence-electron chi connectivity index (χ1n) is 7.30. The highest BCUT2D eigenvalue weighted by Gasteiger charge is 2.17. The third-order valence-corrected chi connectivity index (χ3v) is 3.56. The minimum Gasteiger partial charge on any atom is -0.477 e. The van der Waals surface area contributed by atoms with Gasteiger partial charge in [0.1, 0.15) is 11.4 Å². The van der Waals surface area contributed by atoms with Crippen LogP contribution >= 0.6 is 0 Å². The van der Waals surface area contributed by atoms with E-state index in [1.807, 2.05) is 6.92 Å².